The first kappa shape index (κ1) is 11.7. The number of hydrogen-bond acceptors (Lipinski definition) is 5. The van der Waals surface area contributed by atoms with E-state index < -0.39 is 0 Å². The number of hydrogen-bond donors (Lipinski definition) is 2. The van der Waals surface area contributed by atoms with Crippen LogP contribution in [0.4, 0.5) is 5.82 Å². The summed E-state index contributed by atoms with van der Waals surface area (Å²) >= 11 is 1.38. The van der Waals surface area contributed by atoms with Gasteiger partial charge in [0.15, 0.2) is 5.16 Å². The molecule has 0 amide bonds. The van der Waals surface area contributed by atoms with Gasteiger partial charge in [-0.1, -0.05) is 0 Å². The third-order valence-electron chi connectivity index (χ3n) is 2.15. The average Bonchev–Trinajstić information content (AvgIpc) is 2.59. The Kier molecular flexibility index (Phi) is 3.19. The van der Waals surface area contributed by atoms with Crippen molar-refractivity contribution in [3.63, 3.8) is 0 Å². The second-order valence-corrected chi connectivity index (χ2v) is 4.83. The maximum atomic E-state index is 11.5. The van der Waals surface area contributed by atoms with Gasteiger partial charge in [-0.15, -0.1) is 5.10 Å². The van der Waals surface area contributed by atoms with Crippen molar-refractivity contribution in [2.45, 2.75) is 29.9 Å². The monoisotopic (exact) mass is 251 g/mol. The van der Waals surface area contributed by atoms with Gasteiger partial charge in [-0.05, 0) is 37.7 Å². The molecular formula is C10H13N5OS. The highest BCUT2D eigenvalue weighted by Gasteiger charge is 2.12. The normalized spacial score (nSPS) is 11.0. The molecule has 0 bridgehead atoms. The third-order valence-corrected chi connectivity index (χ3v) is 3.11. The van der Waals surface area contributed by atoms with Gasteiger partial charge in [0, 0.05) is 17.1 Å². The molecule has 2 heterocycles. The first-order valence-electron chi connectivity index (χ1n) is 5.14. The van der Waals surface area contributed by atoms with Crippen LogP contribution in [-0.2, 0) is 0 Å². The molecule has 2 aromatic rings. The van der Waals surface area contributed by atoms with E-state index in [4.69, 9.17) is 5.73 Å². The summed E-state index contributed by atoms with van der Waals surface area (Å²) < 4.78 is 1.60. The molecular weight excluding hydrogens is 238 g/mol. The van der Waals surface area contributed by atoms with E-state index in [2.05, 4.69) is 15.2 Å². The third kappa shape index (κ3) is 2.50. The molecule has 0 aliphatic carbocycles. The van der Waals surface area contributed by atoms with Gasteiger partial charge in [0.05, 0.1) is 0 Å². The lowest BCUT2D eigenvalue weighted by atomic mass is 10.4. The number of nitrogens with two attached hydrogens (primary N) is 1. The fourth-order valence-corrected chi connectivity index (χ4v) is 2.42. The summed E-state index contributed by atoms with van der Waals surface area (Å²) in [7, 11) is 0. The Morgan fingerprint density at radius 3 is 2.94 bits per heavy atom. The van der Waals surface area contributed by atoms with Crippen LogP contribution in [0, 0.1) is 0 Å². The predicted octanol–water partition coefficient (Wildman–Crippen LogP) is 1.28. The molecule has 3 N–H and O–H groups in total. The van der Waals surface area contributed by atoms with Gasteiger partial charge >= 0.3 is 5.69 Å². The molecule has 6 nitrogen and oxygen atoms in total. The molecule has 0 saturated carbocycles. The quantitative estimate of drug-likeness (QED) is 0.857. The van der Waals surface area contributed by atoms with E-state index in [0.717, 1.165) is 4.90 Å². The molecule has 0 saturated heterocycles. The van der Waals surface area contributed by atoms with Crippen molar-refractivity contribution in [3.05, 3.63) is 28.8 Å². The second kappa shape index (κ2) is 4.62. The van der Waals surface area contributed by atoms with Crippen LogP contribution < -0.4 is 11.4 Å². The Hall–Kier alpha value is -1.76. The lowest BCUT2D eigenvalue weighted by Crippen LogP contribution is -2.19. The zero-order chi connectivity index (χ0) is 12.4. The molecule has 0 radical (unpaired) electrons. The summed E-state index contributed by atoms with van der Waals surface area (Å²) in [5, 5.41) is 7.05. The van der Waals surface area contributed by atoms with Crippen molar-refractivity contribution in [2.75, 3.05) is 5.73 Å². The van der Waals surface area contributed by atoms with E-state index in [-0.39, 0.29) is 11.7 Å². The van der Waals surface area contributed by atoms with Crippen molar-refractivity contribution in [2.24, 2.45) is 0 Å². The molecule has 2 aromatic heterocycles. The van der Waals surface area contributed by atoms with Crippen LogP contribution in [0.2, 0.25) is 0 Å². The SMILES string of the molecule is CC(C)n1c(Sc2ccnc(N)c2)n[nH]c1=O. The standard InChI is InChI=1S/C10H13N5OS/c1-6(2)15-9(16)13-14-10(15)17-7-3-4-12-8(11)5-7/h3-6H,1-2H3,(H2,11,12)(H,13,16). The Balaban J connectivity index is 2.34. The smallest absolute Gasteiger partial charge is 0.344 e. The van der Waals surface area contributed by atoms with Crippen LogP contribution in [0.3, 0.4) is 0 Å². The van der Waals surface area contributed by atoms with Gasteiger partial charge in [0.1, 0.15) is 5.82 Å². The van der Waals surface area contributed by atoms with Gasteiger partial charge in [-0.3, -0.25) is 4.57 Å². The van der Waals surface area contributed by atoms with Crippen molar-refractivity contribution < 1.29 is 0 Å². The van der Waals surface area contributed by atoms with E-state index in [9.17, 15) is 4.79 Å². The van der Waals surface area contributed by atoms with E-state index in [1.165, 1.54) is 11.8 Å². The van der Waals surface area contributed by atoms with E-state index in [1.54, 1.807) is 16.8 Å². The first-order valence-corrected chi connectivity index (χ1v) is 5.96. The number of rotatable bonds is 3. The van der Waals surface area contributed by atoms with Gasteiger partial charge in [-0.2, -0.15) is 0 Å². The maximum absolute atomic E-state index is 11.5. The fraction of sp³-hybridized carbons (Fsp3) is 0.300. The number of anilines is 1. The van der Waals surface area contributed by atoms with Crippen LogP contribution in [0.1, 0.15) is 19.9 Å². The minimum atomic E-state index is -0.204. The summed E-state index contributed by atoms with van der Waals surface area (Å²) in [6.07, 6.45) is 1.63. The zero-order valence-electron chi connectivity index (χ0n) is 9.54. The highest BCUT2D eigenvalue weighted by atomic mass is 32.2. The fourth-order valence-electron chi connectivity index (χ4n) is 1.41. The summed E-state index contributed by atoms with van der Waals surface area (Å²) in [5.74, 6) is 0.448. The lowest BCUT2D eigenvalue weighted by Gasteiger charge is -2.08. The van der Waals surface area contributed by atoms with Crippen LogP contribution in [0.5, 0.6) is 0 Å². The summed E-state index contributed by atoms with van der Waals surface area (Å²) in [6.45, 7) is 3.86. The molecule has 0 aliphatic heterocycles. The molecule has 7 heteroatoms. The van der Waals surface area contributed by atoms with Crippen LogP contribution in [0.25, 0.3) is 0 Å². The predicted molar refractivity (Wildman–Crippen MR) is 66.0 cm³/mol. The maximum Gasteiger partial charge on any atom is 0.344 e. The van der Waals surface area contributed by atoms with Crippen molar-refractivity contribution in [1.29, 1.82) is 0 Å². The number of aromatic amines is 1. The second-order valence-electron chi connectivity index (χ2n) is 3.79. The number of aromatic nitrogens is 4. The van der Waals surface area contributed by atoms with Crippen LogP contribution >= 0.6 is 11.8 Å². The summed E-state index contributed by atoms with van der Waals surface area (Å²) in [6, 6.07) is 3.63. The number of nitrogen functional groups attached to an aromatic ring is 1. The van der Waals surface area contributed by atoms with Crippen LogP contribution in [0.15, 0.2) is 33.2 Å². The molecule has 90 valence electrons. The first-order chi connectivity index (χ1) is 8.08. The lowest BCUT2D eigenvalue weighted by molar-refractivity contribution is 0.534. The van der Waals surface area contributed by atoms with Gasteiger partial charge in [0.2, 0.25) is 0 Å². The van der Waals surface area contributed by atoms with E-state index >= 15 is 0 Å². The molecule has 0 aliphatic rings. The molecule has 17 heavy (non-hydrogen) atoms. The minimum Gasteiger partial charge on any atom is -0.384 e. The molecule has 0 atom stereocenters. The Morgan fingerprint density at radius 1 is 1.53 bits per heavy atom. The summed E-state index contributed by atoms with van der Waals surface area (Å²) in [4.78, 5) is 16.3. The van der Waals surface area contributed by atoms with Gasteiger partial charge < -0.3 is 5.73 Å². The molecule has 2 rings (SSSR count). The van der Waals surface area contributed by atoms with Crippen molar-refractivity contribution in [1.82, 2.24) is 19.7 Å². The van der Waals surface area contributed by atoms with E-state index in [1.807, 2.05) is 19.9 Å². The largest absolute Gasteiger partial charge is 0.384 e. The zero-order valence-corrected chi connectivity index (χ0v) is 10.4. The molecule has 0 spiro atoms. The Bertz CT molecular complexity index is 574. The highest BCUT2D eigenvalue weighted by Crippen LogP contribution is 2.26. The van der Waals surface area contributed by atoms with Gasteiger partial charge in [0.25, 0.3) is 0 Å². The topological polar surface area (TPSA) is 89.6 Å². The van der Waals surface area contributed by atoms with Crippen molar-refractivity contribution >= 4 is 17.6 Å². The molecule has 0 aromatic carbocycles. The van der Waals surface area contributed by atoms with E-state index in [0.29, 0.717) is 11.0 Å². The average molecular weight is 251 g/mol. The number of nitrogens with zero attached hydrogens (tertiary/aromatic N) is 3. The van der Waals surface area contributed by atoms with Gasteiger partial charge in [-0.25, -0.2) is 14.9 Å². The van der Waals surface area contributed by atoms with Crippen LogP contribution in [-0.4, -0.2) is 19.7 Å². The number of nitrogens with one attached hydrogen (secondary N) is 1. The summed E-state index contributed by atoms with van der Waals surface area (Å²) in [5.41, 5.74) is 5.39. The highest BCUT2D eigenvalue weighted by molar-refractivity contribution is 7.99. The number of H-pyrrole nitrogens is 1. The Morgan fingerprint density at radius 2 is 2.29 bits per heavy atom. The molecule has 0 unspecified atom stereocenters. The minimum absolute atomic E-state index is 0.0583. The molecule has 0 fully saturated rings. The Labute approximate surface area is 102 Å². The van der Waals surface area contributed by atoms with Crippen molar-refractivity contribution in [3.8, 4) is 0 Å². The number of pyridine rings is 1.